The Balaban J connectivity index is 2.28. The van der Waals surface area contributed by atoms with Gasteiger partial charge in [0.15, 0.2) is 0 Å². The maximum absolute atomic E-state index is 11.2. The summed E-state index contributed by atoms with van der Waals surface area (Å²) >= 11 is 6.16. The number of rotatable bonds is 4. The standard InChI is InChI=1S/C13H11NO2S2/c1-2-7-16-10-6-4-3-5-9(10)8-11-12(17)14-13(15)18-11/h2-6,8H,1,7H2,(H,14,15,17). The third-order valence-corrected chi connectivity index (χ3v) is 3.48. The molecule has 5 heteroatoms. The van der Waals surface area contributed by atoms with E-state index < -0.39 is 0 Å². The Morgan fingerprint density at radius 2 is 2.22 bits per heavy atom. The van der Waals surface area contributed by atoms with E-state index in [4.69, 9.17) is 17.0 Å². The smallest absolute Gasteiger partial charge is 0.289 e. The Morgan fingerprint density at radius 3 is 2.89 bits per heavy atom. The molecule has 1 saturated heterocycles. The van der Waals surface area contributed by atoms with Gasteiger partial charge in [-0.3, -0.25) is 4.79 Å². The zero-order valence-corrected chi connectivity index (χ0v) is 11.1. The fourth-order valence-corrected chi connectivity index (χ4v) is 2.47. The van der Waals surface area contributed by atoms with E-state index in [9.17, 15) is 4.79 Å². The van der Waals surface area contributed by atoms with Crippen molar-refractivity contribution >= 4 is 40.3 Å². The summed E-state index contributed by atoms with van der Waals surface area (Å²) in [6.07, 6.45) is 3.53. The SMILES string of the molecule is C=CCOc1ccccc1C=C1SC(=O)NC1=S. The van der Waals surface area contributed by atoms with Crippen molar-refractivity contribution in [2.24, 2.45) is 0 Å². The van der Waals surface area contributed by atoms with Crippen LogP contribution in [0.2, 0.25) is 0 Å². The molecule has 1 amide bonds. The van der Waals surface area contributed by atoms with E-state index in [1.54, 1.807) is 6.08 Å². The average Bonchev–Trinajstić information content (AvgIpc) is 2.67. The molecule has 0 spiro atoms. The molecule has 0 radical (unpaired) electrons. The number of para-hydroxylation sites is 1. The van der Waals surface area contributed by atoms with Gasteiger partial charge in [0, 0.05) is 5.56 Å². The van der Waals surface area contributed by atoms with Crippen LogP contribution in [0.4, 0.5) is 4.79 Å². The van der Waals surface area contributed by atoms with Gasteiger partial charge in [-0.05, 0) is 23.9 Å². The van der Waals surface area contributed by atoms with Crippen molar-refractivity contribution in [3.63, 3.8) is 0 Å². The number of hydrogen-bond donors (Lipinski definition) is 1. The molecule has 0 unspecified atom stereocenters. The number of benzene rings is 1. The van der Waals surface area contributed by atoms with E-state index in [-0.39, 0.29) is 5.24 Å². The van der Waals surface area contributed by atoms with Crippen molar-refractivity contribution < 1.29 is 9.53 Å². The lowest BCUT2D eigenvalue weighted by atomic mass is 10.2. The molecule has 0 aromatic heterocycles. The maximum Gasteiger partial charge on any atom is 0.289 e. The van der Waals surface area contributed by atoms with Crippen molar-refractivity contribution in [2.45, 2.75) is 0 Å². The van der Waals surface area contributed by atoms with Crippen LogP contribution in [-0.4, -0.2) is 16.8 Å². The van der Waals surface area contributed by atoms with Crippen LogP contribution in [-0.2, 0) is 0 Å². The highest BCUT2D eigenvalue weighted by Gasteiger charge is 2.21. The van der Waals surface area contributed by atoms with Crippen LogP contribution in [0.15, 0.2) is 41.8 Å². The second kappa shape index (κ2) is 5.84. The Hall–Kier alpha value is -1.59. The molecule has 2 rings (SSSR count). The largest absolute Gasteiger partial charge is 0.489 e. The minimum absolute atomic E-state index is 0.143. The van der Waals surface area contributed by atoms with Crippen molar-refractivity contribution in [2.75, 3.05) is 6.61 Å². The molecule has 3 nitrogen and oxygen atoms in total. The summed E-state index contributed by atoms with van der Waals surface area (Å²) in [5.41, 5.74) is 0.890. The minimum Gasteiger partial charge on any atom is -0.489 e. The molecule has 1 fully saturated rings. The predicted octanol–water partition coefficient (Wildman–Crippen LogP) is 3.38. The van der Waals surface area contributed by atoms with E-state index in [1.807, 2.05) is 30.3 Å². The highest BCUT2D eigenvalue weighted by Crippen LogP contribution is 2.29. The fourth-order valence-electron chi connectivity index (χ4n) is 1.44. The van der Waals surface area contributed by atoms with Gasteiger partial charge < -0.3 is 10.1 Å². The molecule has 1 N–H and O–H groups in total. The van der Waals surface area contributed by atoms with E-state index in [2.05, 4.69) is 11.9 Å². The van der Waals surface area contributed by atoms with Gasteiger partial charge in [-0.2, -0.15) is 0 Å². The molecular weight excluding hydrogens is 266 g/mol. The highest BCUT2D eigenvalue weighted by atomic mass is 32.2. The summed E-state index contributed by atoms with van der Waals surface area (Å²) in [6, 6.07) is 7.58. The summed E-state index contributed by atoms with van der Waals surface area (Å²) in [5.74, 6) is 0.743. The monoisotopic (exact) mass is 277 g/mol. The number of carbonyl (C=O) groups is 1. The lowest BCUT2D eigenvalue weighted by Gasteiger charge is -2.07. The van der Waals surface area contributed by atoms with E-state index >= 15 is 0 Å². The van der Waals surface area contributed by atoms with Crippen molar-refractivity contribution in [1.29, 1.82) is 0 Å². The molecule has 92 valence electrons. The van der Waals surface area contributed by atoms with Gasteiger partial charge in [0.25, 0.3) is 5.24 Å². The molecule has 0 saturated carbocycles. The number of thiocarbonyl (C=S) groups is 1. The maximum atomic E-state index is 11.2. The lowest BCUT2D eigenvalue weighted by molar-refractivity contribution is 0.265. The Labute approximate surface area is 115 Å². The molecule has 0 atom stereocenters. The molecule has 0 bridgehead atoms. The fraction of sp³-hybridized carbons (Fsp3) is 0.0769. The molecule has 1 aliphatic heterocycles. The van der Waals surface area contributed by atoms with Crippen LogP contribution >= 0.6 is 24.0 Å². The second-order valence-electron chi connectivity index (χ2n) is 3.49. The zero-order valence-electron chi connectivity index (χ0n) is 9.51. The molecule has 1 aromatic carbocycles. The van der Waals surface area contributed by atoms with Crippen LogP contribution < -0.4 is 10.1 Å². The van der Waals surface area contributed by atoms with Gasteiger partial charge in [0.05, 0.1) is 4.91 Å². The number of hydrogen-bond acceptors (Lipinski definition) is 4. The quantitative estimate of drug-likeness (QED) is 0.520. The van der Waals surface area contributed by atoms with Crippen molar-refractivity contribution in [3.05, 3.63) is 47.4 Å². The molecule has 1 aromatic rings. The first kappa shape index (κ1) is 12.9. The molecule has 1 heterocycles. The first-order valence-corrected chi connectivity index (χ1v) is 6.51. The van der Waals surface area contributed by atoms with Gasteiger partial charge in [0.2, 0.25) is 0 Å². The van der Waals surface area contributed by atoms with Crippen LogP contribution in [0.3, 0.4) is 0 Å². The van der Waals surface area contributed by atoms with Crippen LogP contribution in [0, 0.1) is 0 Å². The summed E-state index contributed by atoms with van der Waals surface area (Å²) in [5, 5.41) is 2.44. The number of nitrogens with one attached hydrogen (secondary N) is 1. The lowest BCUT2D eigenvalue weighted by Crippen LogP contribution is -2.15. The van der Waals surface area contributed by atoms with Gasteiger partial charge in [-0.1, -0.05) is 43.1 Å². The summed E-state index contributed by atoms with van der Waals surface area (Å²) in [4.78, 5) is 12.4. The number of carbonyl (C=O) groups excluding carboxylic acids is 1. The van der Waals surface area contributed by atoms with Gasteiger partial charge in [-0.25, -0.2) is 0 Å². The average molecular weight is 277 g/mol. The first-order chi connectivity index (χ1) is 8.70. The summed E-state index contributed by atoms with van der Waals surface area (Å²) in [7, 11) is 0. The van der Waals surface area contributed by atoms with Crippen LogP contribution in [0.1, 0.15) is 5.56 Å². The number of thioether (sulfide) groups is 1. The third kappa shape index (κ3) is 3.00. The zero-order chi connectivity index (χ0) is 13.0. The Bertz CT molecular complexity index is 538. The molecular formula is C13H11NO2S2. The molecule has 1 aliphatic rings. The van der Waals surface area contributed by atoms with Crippen molar-refractivity contribution in [1.82, 2.24) is 5.32 Å². The van der Waals surface area contributed by atoms with Gasteiger partial charge >= 0.3 is 0 Å². The number of amides is 1. The second-order valence-corrected chi connectivity index (χ2v) is 4.91. The minimum atomic E-state index is -0.143. The predicted molar refractivity (Wildman–Crippen MR) is 78.8 cm³/mol. The van der Waals surface area contributed by atoms with Crippen LogP contribution in [0.25, 0.3) is 6.08 Å². The van der Waals surface area contributed by atoms with E-state index in [1.165, 1.54) is 0 Å². The summed E-state index contributed by atoms with van der Waals surface area (Å²) in [6.45, 7) is 4.05. The summed E-state index contributed by atoms with van der Waals surface area (Å²) < 4.78 is 5.54. The molecule has 18 heavy (non-hydrogen) atoms. The first-order valence-electron chi connectivity index (χ1n) is 5.28. The highest BCUT2D eigenvalue weighted by molar-refractivity contribution is 8.19. The Kier molecular flexibility index (Phi) is 4.17. The normalized spacial score (nSPS) is 16.8. The van der Waals surface area contributed by atoms with Gasteiger partial charge in [-0.15, -0.1) is 0 Å². The number of ether oxygens (including phenoxy) is 1. The third-order valence-electron chi connectivity index (χ3n) is 2.20. The van der Waals surface area contributed by atoms with Gasteiger partial charge in [0.1, 0.15) is 17.3 Å². The topological polar surface area (TPSA) is 38.3 Å². The van der Waals surface area contributed by atoms with E-state index in [0.717, 1.165) is 28.0 Å². The van der Waals surface area contributed by atoms with Crippen molar-refractivity contribution in [3.8, 4) is 5.75 Å². The van der Waals surface area contributed by atoms with Crippen LogP contribution in [0.5, 0.6) is 5.75 Å². The van der Waals surface area contributed by atoms with E-state index in [0.29, 0.717) is 11.6 Å². The molecule has 0 aliphatic carbocycles. The Morgan fingerprint density at radius 1 is 1.44 bits per heavy atom.